The van der Waals surface area contributed by atoms with Crippen LogP contribution in [0, 0.1) is 5.92 Å². The molecule has 0 fully saturated rings. The first-order valence-corrected chi connectivity index (χ1v) is 7.85. The number of benzene rings is 1. The minimum Gasteiger partial charge on any atom is -0.381 e. The van der Waals surface area contributed by atoms with Crippen molar-refractivity contribution >= 4 is 21.9 Å². The van der Waals surface area contributed by atoms with E-state index in [-0.39, 0.29) is 6.10 Å². The van der Waals surface area contributed by atoms with Crippen LogP contribution in [0.2, 0.25) is 0 Å². The number of pyridine rings is 1. The number of hydrogen-bond donors (Lipinski definition) is 0. The zero-order valence-corrected chi connectivity index (χ0v) is 13.7. The molecule has 0 saturated carbocycles. The summed E-state index contributed by atoms with van der Waals surface area (Å²) < 4.78 is 7.78. The highest BCUT2D eigenvalue weighted by molar-refractivity contribution is 6.02. The molecule has 0 aliphatic carbocycles. The van der Waals surface area contributed by atoms with Crippen molar-refractivity contribution in [2.45, 2.75) is 39.8 Å². The Morgan fingerprint density at radius 3 is 2.64 bits per heavy atom. The number of ether oxygens (including phenoxy) is 1. The summed E-state index contributed by atoms with van der Waals surface area (Å²) in [6.45, 7) is 7.50. The molecule has 0 saturated heterocycles. The predicted molar refractivity (Wildman–Crippen MR) is 90.0 cm³/mol. The number of methoxy groups -OCH3 is 1. The minimum absolute atomic E-state index is 0.155. The number of fused-ring (bicyclic) bond motifs is 3. The van der Waals surface area contributed by atoms with Crippen LogP contribution in [0.15, 0.2) is 30.5 Å². The fourth-order valence-electron chi connectivity index (χ4n) is 2.87. The molecule has 0 radical (unpaired) electrons. The van der Waals surface area contributed by atoms with Crippen molar-refractivity contribution < 1.29 is 4.74 Å². The number of aromatic nitrogens is 3. The first-order chi connectivity index (χ1) is 10.6. The van der Waals surface area contributed by atoms with Crippen molar-refractivity contribution in [3.63, 3.8) is 0 Å². The van der Waals surface area contributed by atoms with Gasteiger partial charge in [0.2, 0.25) is 0 Å². The Kier molecular flexibility index (Phi) is 4.12. The quantitative estimate of drug-likeness (QED) is 0.719. The smallest absolute Gasteiger partial charge is 0.112 e. The number of rotatable bonds is 5. The molecule has 1 unspecified atom stereocenters. The second kappa shape index (κ2) is 6.05. The topological polar surface area (TPSA) is 39.9 Å². The summed E-state index contributed by atoms with van der Waals surface area (Å²) >= 11 is 0. The average Bonchev–Trinajstić information content (AvgIpc) is 2.84. The normalized spacial score (nSPS) is 13.3. The third-order valence-corrected chi connectivity index (χ3v) is 3.98. The Hall–Kier alpha value is -1.94. The van der Waals surface area contributed by atoms with Gasteiger partial charge in [-0.1, -0.05) is 32.0 Å². The van der Waals surface area contributed by atoms with Crippen molar-refractivity contribution in [1.29, 1.82) is 0 Å². The van der Waals surface area contributed by atoms with Gasteiger partial charge in [-0.05, 0) is 18.9 Å². The van der Waals surface area contributed by atoms with E-state index in [1.807, 2.05) is 12.3 Å². The maximum absolute atomic E-state index is 5.43. The molecule has 22 heavy (non-hydrogen) atoms. The third kappa shape index (κ3) is 2.71. The summed E-state index contributed by atoms with van der Waals surface area (Å²) in [5.41, 5.74) is 3.18. The minimum atomic E-state index is 0.155. The van der Waals surface area contributed by atoms with E-state index in [9.17, 15) is 0 Å². The second-order valence-electron chi connectivity index (χ2n) is 6.29. The maximum Gasteiger partial charge on any atom is 0.112 e. The van der Waals surface area contributed by atoms with Crippen molar-refractivity contribution in [3.8, 4) is 0 Å². The number of para-hydroxylation sites is 1. The molecule has 0 amide bonds. The van der Waals surface area contributed by atoms with Crippen LogP contribution in [-0.2, 0) is 17.7 Å². The zero-order valence-electron chi connectivity index (χ0n) is 13.7. The third-order valence-electron chi connectivity index (χ3n) is 3.98. The predicted octanol–water partition coefficient (Wildman–Crippen LogP) is 3.82. The Morgan fingerprint density at radius 1 is 1.14 bits per heavy atom. The lowest BCUT2D eigenvalue weighted by atomic mass is 10.1. The van der Waals surface area contributed by atoms with E-state index in [0.717, 1.165) is 29.8 Å². The molecule has 0 aliphatic heterocycles. The van der Waals surface area contributed by atoms with Gasteiger partial charge in [0.15, 0.2) is 0 Å². The van der Waals surface area contributed by atoms with Gasteiger partial charge >= 0.3 is 0 Å². The van der Waals surface area contributed by atoms with Gasteiger partial charge in [-0.25, -0.2) is 4.98 Å². The number of imidazole rings is 1. The van der Waals surface area contributed by atoms with E-state index in [4.69, 9.17) is 9.72 Å². The summed E-state index contributed by atoms with van der Waals surface area (Å²) in [5.74, 6) is 1.64. The summed E-state index contributed by atoms with van der Waals surface area (Å²) in [6, 6.07) is 8.28. The van der Waals surface area contributed by atoms with E-state index < -0.39 is 0 Å². The van der Waals surface area contributed by atoms with Gasteiger partial charge in [0.25, 0.3) is 0 Å². The van der Waals surface area contributed by atoms with Crippen molar-refractivity contribution in [2.24, 2.45) is 5.92 Å². The van der Waals surface area contributed by atoms with Gasteiger partial charge in [0.1, 0.15) is 11.3 Å². The maximum atomic E-state index is 5.43. The fourth-order valence-corrected chi connectivity index (χ4v) is 2.87. The van der Waals surface area contributed by atoms with Crippen molar-refractivity contribution in [3.05, 3.63) is 36.3 Å². The SMILES string of the molecule is COC(C)Cc1nc2cnc3ccccc3c2n1CC(C)C. The molecule has 0 aliphatic rings. The standard InChI is InChI=1S/C18H23N3O/c1-12(2)11-21-17(9-13(3)22-4)20-16-10-19-15-8-6-5-7-14(15)18(16)21/h5-8,10,12-13H,9,11H2,1-4H3. The van der Waals surface area contributed by atoms with E-state index >= 15 is 0 Å². The summed E-state index contributed by atoms with van der Waals surface area (Å²) in [7, 11) is 1.75. The van der Waals surface area contributed by atoms with Crippen LogP contribution in [0.5, 0.6) is 0 Å². The van der Waals surface area contributed by atoms with Crippen LogP contribution < -0.4 is 0 Å². The van der Waals surface area contributed by atoms with Gasteiger partial charge in [-0.3, -0.25) is 4.98 Å². The second-order valence-corrected chi connectivity index (χ2v) is 6.29. The first kappa shape index (κ1) is 15.0. The van der Waals surface area contributed by atoms with E-state index in [1.54, 1.807) is 7.11 Å². The summed E-state index contributed by atoms with van der Waals surface area (Å²) in [5, 5.41) is 1.17. The molecule has 2 heterocycles. The van der Waals surface area contributed by atoms with E-state index in [0.29, 0.717) is 5.92 Å². The van der Waals surface area contributed by atoms with E-state index in [1.165, 1.54) is 10.9 Å². The lowest BCUT2D eigenvalue weighted by Crippen LogP contribution is -2.15. The van der Waals surface area contributed by atoms with Gasteiger partial charge in [-0.2, -0.15) is 0 Å². The van der Waals surface area contributed by atoms with Gasteiger partial charge in [-0.15, -0.1) is 0 Å². The van der Waals surface area contributed by atoms with Crippen LogP contribution in [0.3, 0.4) is 0 Å². The van der Waals surface area contributed by atoms with Crippen LogP contribution >= 0.6 is 0 Å². The monoisotopic (exact) mass is 297 g/mol. The summed E-state index contributed by atoms with van der Waals surface area (Å²) in [4.78, 5) is 9.36. The lowest BCUT2D eigenvalue weighted by Gasteiger charge is -2.15. The Balaban J connectivity index is 2.24. The first-order valence-electron chi connectivity index (χ1n) is 7.85. The van der Waals surface area contributed by atoms with Crippen molar-refractivity contribution in [1.82, 2.24) is 14.5 Å². The molecule has 2 aromatic heterocycles. The number of nitrogens with zero attached hydrogens (tertiary/aromatic N) is 3. The highest BCUT2D eigenvalue weighted by atomic mass is 16.5. The molecule has 3 aromatic rings. The Labute approximate surface area is 131 Å². The molecule has 4 heteroatoms. The molecule has 0 N–H and O–H groups in total. The molecular weight excluding hydrogens is 274 g/mol. The Bertz CT molecular complexity index is 791. The van der Waals surface area contributed by atoms with Crippen LogP contribution in [-0.4, -0.2) is 27.7 Å². The van der Waals surface area contributed by atoms with Gasteiger partial charge < -0.3 is 9.30 Å². The zero-order chi connectivity index (χ0) is 15.7. The van der Waals surface area contributed by atoms with Crippen LogP contribution in [0.1, 0.15) is 26.6 Å². The molecule has 0 bridgehead atoms. The Morgan fingerprint density at radius 2 is 1.91 bits per heavy atom. The molecule has 116 valence electrons. The van der Waals surface area contributed by atoms with Crippen LogP contribution in [0.4, 0.5) is 0 Å². The fraction of sp³-hybridized carbons (Fsp3) is 0.444. The molecule has 3 rings (SSSR count). The van der Waals surface area contributed by atoms with Gasteiger partial charge in [0, 0.05) is 25.5 Å². The summed E-state index contributed by atoms with van der Waals surface area (Å²) in [6.07, 6.45) is 2.85. The molecule has 1 aromatic carbocycles. The molecule has 0 spiro atoms. The van der Waals surface area contributed by atoms with Crippen molar-refractivity contribution in [2.75, 3.05) is 7.11 Å². The largest absolute Gasteiger partial charge is 0.381 e. The number of hydrogen-bond acceptors (Lipinski definition) is 3. The van der Waals surface area contributed by atoms with Crippen LogP contribution in [0.25, 0.3) is 21.9 Å². The lowest BCUT2D eigenvalue weighted by molar-refractivity contribution is 0.116. The van der Waals surface area contributed by atoms with E-state index in [2.05, 4.69) is 48.5 Å². The highest BCUT2D eigenvalue weighted by Crippen LogP contribution is 2.26. The molecule has 1 atom stereocenters. The molecule has 4 nitrogen and oxygen atoms in total. The average molecular weight is 297 g/mol. The highest BCUT2D eigenvalue weighted by Gasteiger charge is 2.16. The molecular formula is C18H23N3O. The van der Waals surface area contributed by atoms with Gasteiger partial charge in [0.05, 0.1) is 23.3 Å².